The van der Waals surface area contributed by atoms with Gasteiger partial charge in [-0.1, -0.05) is 29.8 Å². The number of nitrogens with zero attached hydrogens (tertiary/aromatic N) is 2. The number of hydrogen-bond acceptors (Lipinski definition) is 5. The summed E-state index contributed by atoms with van der Waals surface area (Å²) >= 11 is 6.18. The van der Waals surface area contributed by atoms with Crippen molar-refractivity contribution in [3.63, 3.8) is 0 Å². The molecule has 0 spiro atoms. The molecule has 0 aromatic heterocycles. The van der Waals surface area contributed by atoms with E-state index in [1.807, 2.05) is 24.3 Å². The van der Waals surface area contributed by atoms with Gasteiger partial charge in [-0.15, -0.1) is 0 Å². The van der Waals surface area contributed by atoms with Crippen LogP contribution < -0.4 is 4.74 Å². The van der Waals surface area contributed by atoms with Gasteiger partial charge in [0, 0.05) is 37.8 Å². The fourth-order valence-corrected chi connectivity index (χ4v) is 5.05. The predicted molar refractivity (Wildman–Crippen MR) is 110 cm³/mol. The minimum Gasteiger partial charge on any atom is -0.496 e. The highest BCUT2D eigenvalue weighted by molar-refractivity contribution is 7.89. The van der Waals surface area contributed by atoms with Gasteiger partial charge in [-0.3, -0.25) is 4.79 Å². The fraction of sp³-hybridized carbons (Fsp3) is 0.350. The van der Waals surface area contributed by atoms with Crippen LogP contribution in [0.4, 0.5) is 0 Å². The quantitative estimate of drug-likeness (QED) is 0.693. The van der Waals surface area contributed by atoms with Crippen LogP contribution >= 0.6 is 11.6 Å². The number of morpholine rings is 1. The molecule has 0 bridgehead atoms. The molecule has 0 atom stereocenters. The number of rotatable bonds is 6. The lowest BCUT2D eigenvalue weighted by Gasteiger charge is -2.26. The predicted octanol–water partition coefficient (Wildman–Crippen LogP) is 2.64. The van der Waals surface area contributed by atoms with Gasteiger partial charge in [0.1, 0.15) is 10.6 Å². The number of halogens is 1. The Morgan fingerprint density at radius 2 is 1.90 bits per heavy atom. The van der Waals surface area contributed by atoms with E-state index in [1.54, 1.807) is 14.2 Å². The standard InChI is InChI=1S/C20H23ClN2O5S/c1-22(14-16-5-3-4-6-18(16)27-2)20(24)15-7-8-17(21)19(13-15)29(25,26)23-9-11-28-12-10-23/h3-8,13H,9-12,14H2,1-2H3. The minimum absolute atomic E-state index is 0.0717. The Bertz CT molecular complexity index is 990. The molecular weight excluding hydrogens is 416 g/mol. The molecule has 29 heavy (non-hydrogen) atoms. The van der Waals surface area contributed by atoms with Crippen LogP contribution in [0.2, 0.25) is 5.02 Å². The molecule has 1 aliphatic heterocycles. The first-order valence-corrected chi connectivity index (χ1v) is 10.9. The summed E-state index contributed by atoms with van der Waals surface area (Å²) in [6.07, 6.45) is 0. The highest BCUT2D eigenvalue weighted by Crippen LogP contribution is 2.27. The maximum Gasteiger partial charge on any atom is 0.253 e. The van der Waals surface area contributed by atoms with Crippen LogP contribution in [0, 0.1) is 0 Å². The Hall–Kier alpha value is -2.13. The molecule has 1 saturated heterocycles. The van der Waals surface area contributed by atoms with Gasteiger partial charge >= 0.3 is 0 Å². The average molecular weight is 439 g/mol. The molecule has 1 amide bonds. The number of para-hydroxylation sites is 1. The lowest BCUT2D eigenvalue weighted by molar-refractivity contribution is 0.0730. The largest absolute Gasteiger partial charge is 0.496 e. The maximum absolute atomic E-state index is 13.0. The SMILES string of the molecule is COc1ccccc1CN(C)C(=O)c1ccc(Cl)c(S(=O)(=O)N2CCOCC2)c1. The second kappa shape index (κ2) is 9.13. The van der Waals surface area contributed by atoms with Gasteiger partial charge in [0.2, 0.25) is 10.0 Å². The summed E-state index contributed by atoms with van der Waals surface area (Å²) in [7, 11) is -0.589. The number of sulfonamides is 1. The lowest BCUT2D eigenvalue weighted by atomic mass is 10.1. The van der Waals surface area contributed by atoms with Crippen LogP contribution in [-0.4, -0.2) is 64.0 Å². The van der Waals surface area contributed by atoms with Crippen molar-refractivity contribution >= 4 is 27.5 Å². The van der Waals surface area contributed by atoms with E-state index < -0.39 is 10.0 Å². The first kappa shape index (κ1) is 21.6. The van der Waals surface area contributed by atoms with E-state index in [2.05, 4.69) is 0 Å². The molecule has 7 nitrogen and oxygen atoms in total. The molecular formula is C20H23ClN2O5S. The number of ether oxygens (including phenoxy) is 2. The van der Waals surface area contributed by atoms with Crippen molar-refractivity contribution < 1.29 is 22.7 Å². The lowest BCUT2D eigenvalue weighted by Crippen LogP contribution is -2.40. The number of benzene rings is 2. The molecule has 156 valence electrons. The second-order valence-corrected chi connectivity index (χ2v) is 8.95. The van der Waals surface area contributed by atoms with Crippen LogP contribution in [0.1, 0.15) is 15.9 Å². The molecule has 1 aliphatic rings. The zero-order valence-electron chi connectivity index (χ0n) is 16.3. The minimum atomic E-state index is -3.81. The first-order valence-electron chi connectivity index (χ1n) is 9.09. The van der Waals surface area contributed by atoms with Gasteiger partial charge in [-0.2, -0.15) is 4.31 Å². The first-order chi connectivity index (χ1) is 13.8. The highest BCUT2D eigenvalue weighted by atomic mass is 35.5. The summed E-state index contributed by atoms with van der Waals surface area (Å²) < 4.78 is 37.8. The zero-order chi connectivity index (χ0) is 21.0. The van der Waals surface area contributed by atoms with Gasteiger partial charge in [-0.05, 0) is 24.3 Å². The molecule has 0 N–H and O–H groups in total. The normalized spacial score (nSPS) is 15.1. The van der Waals surface area contributed by atoms with E-state index in [0.717, 1.165) is 5.56 Å². The Balaban J connectivity index is 1.85. The third-order valence-electron chi connectivity index (χ3n) is 4.71. The molecule has 1 fully saturated rings. The van der Waals surface area contributed by atoms with E-state index in [9.17, 15) is 13.2 Å². The van der Waals surface area contributed by atoms with Crippen LogP contribution in [0.25, 0.3) is 0 Å². The summed E-state index contributed by atoms with van der Waals surface area (Å²) in [5, 5.41) is 0.0837. The van der Waals surface area contributed by atoms with Gasteiger partial charge in [0.25, 0.3) is 5.91 Å². The van der Waals surface area contributed by atoms with Gasteiger partial charge < -0.3 is 14.4 Å². The number of carbonyl (C=O) groups excluding carboxylic acids is 1. The number of carbonyl (C=O) groups is 1. The highest BCUT2D eigenvalue weighted by Gasteiger charge is 2.29. The van der Waals surface area contributed by atoms with Crippen molar-refractivity contribution in [2.75, 3.05) is 40.5 Å². The molecule has 0 unspecified atom stereocenters. The molecule has 0 saturated carbocycles. The van der Waals surface area contributed by atoms with Crippen molar-refractivity contribution in [3.8, 4) is 5.75 Å². The Kier molecular flexibility index (Phi) is 6.79. The van der Waals surface area contributed by atoms with Crippen LogP contribution in [-0.2, 0) is 21.3 Å². The van der Waals surface area contributed by atoms with Crippen molar-refractivity contribution in [1.82, 2.24) is 9.21 Å². The number of methoxy groups -OCH3 is 1. The molecule has 2 aromatic carbocycles. The third-order valence-corrected chi connectivity index (χ3v) is 7.09. The summed E-state index contributed by atoms with van der Waals surface area (Å²) in [5.41, 5.74) is 1.10. The van der Waals surface area contributed by atoms with E-state index >= 15 is 0 Å². The van der Waals surface area contributed by atoms with Crippen LogP contribution in [0.3, 0.4) is 0 Å². The molecule has 3 rings (SSSR count). The number of amides is 1. The smallest absolute Gasteiger partial charge is 0.253 e. The second-order valence-electron chi connectivity index (χ2n) is 6.63. The average Bonchev–Trinajstić information content (AvgIpc) is 2.74. The van der Waals surface area contributed by atoms with Crippen molar-refractivity contribution in [1.29, 1.82) is 0 Å². The topological polar surface area (TPSA) is 76.2 Å². The Labute approximate surface area is 175 Å². The van der Waals surface area contributed by atoms with E-state index in [0.29, 0.717) is 25.5 Å². The molecule has 0 aliphatic carbocycles. The summed E-state index contributed by atoms with van der Waals surface area (Å²) in [5.74, 6) is 0.366. The van der Waals surface area contributed by atoms with Crippen molar-refractivity contribution in [2.45, 2.75) is 11.4 Å². The van der Waals surface area contributed by atoms with E-state index in [4.69, 9.17) is 21.1 Å². The summed E-state index contributed by atoms with van der Waals surface area (Å²) in [4.78, 5) is 14.4. The fourth-order valence-electron chi connectivity index (χ4n) is 3.14. The van der Waals surface area contributed by atoms with Crippen LogP contribution in [0.5, 0.6) is 5.75 Å². The molecule has 9 heteroatoms. The van der Waals surface area contributed by atoms with E-state index in [-0.39, 0.29) is 34.5 Å². The maximum atomic E-state index is 13.0. The van der Waals surface area contributed by atoms with Crippen LogP contribution in [0.15, 0.2) is 47.4 Å². The molecule has 0 radical (unpaired) electrons. The van der Waals surface area contributed by atoms with Gasteiger partial charge in [-0.25, -0.2) is 8.42 Å². The van der Waals surface area contributed by atoms with Crippen molar-refractivity contribution in [2.24, 2.45) is 0 Å². The number of hydrogen-bond donors (Lipinski definition) is 0. The molecule has 1 heterocycles. The Morgan fingerprint density at radius 1 is 1.21 bits per heavy atom. The van der Waals surface area contributed by atoms with Crippen molar-refractivity contribution in [3.05, 3.63) is 58.6 Å². The van der Waals surface area contributed by atoms with E-state index in [1.165, 1.54) is 27.4 Å². The van der Waals surface area contributed by atoms with Gasteiger partial charge in [0.05, 0.1) is 25.3 Å². The monoisotopic (exact) mass is 438 g/mol. The Morgan fingerprint density at radius 3 is 2.59 bits per heavy atom. The zero-order valence-corrected chi connectivity index (χ0v) is 17.9. The van der Waals surface area contributed by atoms with Gasteiger partial charge in [0.15, 0.2) is 0 Å². The summed E-state index contributed by atoms with van der Waals surface area (Å²) in [6, 6.07) is 11.7. The summed E-state index contributed by atoms with van der Waals surface area (Å²) in [6.45, 7) is 1.49. The third kappa shape index (κ3) is 4.72. The molecule has 2 aromatic rings.